The van der Waals surface area contributed by atoms with E-state index in [0.29, 0.717) is 0 Å². The first-order chi connectivity index (χ1) is 31.3. The second-order valence-corrected chi connectivity index (χ2v) is 19.0. The molecule has 0 aliphatic carbocycles. The van der Waals surface area contributed by atoms with Gasteiger partial charge in [0.2, 0.25) is 0 Å². The van der Waals surface area contributed by atoms with Crippen molar-refractivity contribution in [3.05, 3.63) is 231 Å². The molecule has 0 radical (unpaired) electrons. The summed E-state index contributed by atoms with van der Waals surface area (Å²) in [4.78, 5) is 0. The second-order valence-electron chi connectivity index (χ2n) is 16.7. The van der Waals surface area contributed by atoms with E-state index in [2.05, 4.69) is 231 Å². The summed E-state index contributed by atoms with van der Waals surface area (Å²) in [7, 11) is 0. The molecule has 1 heterocycles. The summed E-state index contributed by atoms with van der Waals surface area (Å²) in [6, 6.07) is 85.9. The van der Waals surface area contributed by atoms with Crippen molar-refractivity contribution in [3.8, 4) is 55.6 Å². The Kier molecular flexibility index (Phi) is 8.34. The molecule has 0 aliphatic heterocycles. The molecule has 0 bridgehead atoms. The average molecular weight is 862 g/mol. The van der Waals surface area contributed by atoms with Gasteiger partial charge in [-0.3, -0.25) is 0 Å². The van der Waals surface area contributed by atoms with Crippen LogP contribution in [0.25, 0.3) is 129 Å². The molecule has 0 fully saturated rings. The summed E-state index contributed by atoms with van der Waals surface area (Å²) in [6.45, 7) is 0. The van der Waals surface area contributed by atoms with E-state index in [1.54, 1.807) is 0 Å². The Bertz CT molecular complexity index is 3830. The zero-order valence-corrected chi connectivity index (χ0v) is 36.1. The van der Waals surface area contributed by atoms with Gasteiger partial charge in [0.05, 0.1) is 0 Å². The van der Waals surface area contributed by atoms with Crippen LogP contribution in [0.1, 0.15) is 0 Å². The number of hydrogen-bond donors (Lipinski definition) is 0. The summed E-state index contributed by atoms with van der Waals surface area (Å²) in [5.41, 5.74) is 12.7. The molecule has 0 saturated heterocycles. The molecule has 0 amide bonds. The molecule has 0 aliphatic rings. The van der Waals surface area contributed by atoms with Crippen LogP contribution in [0, 0.1) is 0 Å². The fourth-order valence-corrected chi connectivity index (χ4v) is 12.8. The Morgan fingerprint density at radius 1 is 0.206 bits per heavy atom. The molecular formula is C62H38Se. The van der Waals surface area contributed by atoms with E-state index in [1.165, 1.54) is 129 Å². The Morgan fingerprint density at radius 3 is 1.16 bits per heavy atom. The molecule has 0 N–H and O–H groups in total. The normalized spacial score (nSPS) is 11.8. The van der Waals surface area contributed by atoms with Gasteiger partial charge in [-0.1, -0.05) is 42.5 Å². The molecule has 0 spiro atoms. The van der Waals surface area contributed by atoms with Gasteiger partial charge in [0, 0.05) is 0 Å². The standard InChI is InChI=1S/C62H38Se/c1-2-16-41(17-3-1)59-48-20-6-12-26-54(48)62(55-27-13-7-21-49(55)59)44-33-35-47-56-37-43(34-36-57(56)63-58(47)38-44)61-52-24-10-8-22-50(52)60(51-23-9-11-25-53(51)61)42-31-29-40(30-32-42)46-28-14-18-39-15-4-5-19-45(39)46/h1-38H. The Labute approximate surface area is 371 Å². The molecule has 63 heavy (non-hydrogen) atoms. The Hall–Kier alpha value is -7.54. The van der Waals surface area contributed by atoms with E-state index in [4.69, 9.17) is 0 Å². The van der Waals surface area contributed by atoms with E-state index in [9.17, 15) is 0 Å². The van der Waals surface area contributed by atoms with Gasteiger partial charge in [0.15, 0.2) is 0 Å². The van der Waals surface area contributed by atoms with Crippen molar-refractivity contribution >= 4 is 87.7 Å². The van der Waals surface area contributed by atoms with E-state index >= 15 is 0 Å². The minimum absolute atomic E-state index is 0.195. The van der Waals surface area contributed by atoms with Crippen molar-refractivity contribution < 1.29 is 0 Å². The number of fused-ring (bicyclic) bond motifs is 8. The molecule has 0 atom stereocenters. The second kappa shape index (κ2) is 14.5. The third-order valence-corrected chi connectivity index (χ3v) is 15.6. The van der Waals surface area contributed by atoms with Crippen molar-refractivity contribution in [2.45, 2.75) is 0 Å². The fraction of sp³-hybridized carbons (Fsp3) is 0. The molecule has 13 rings (SSSR count). The molecule has 1 aromatic heterocycles. The van der Waals surface area contributed by atoms with Crippen LogP contribution in [0.2, 0.25) is 0 Å². The average Bonchev–Trinajstić information content (AvgIpc) is 3.72. The van der Waals surface area contributed by atoms with Crippen molar-refractivity contribution in [1.82, 2.24) is 0 Å². The van der Waals surface area contributed by atoms with E-state index < -0.39 is 0 Å². The van der Waals surface area contributed by atoms with Gasteiger partial charge < -0.3 is 0 Å². The van der Waals surface area contributed by atoms with Gasteiger partial charge in [0.1, 0.15) is 0 Å². The van der Waals surface area contributed by atoms with Gasteiger partial charge in [-0.2, -0.15) is 0 Å². The molecule has 0 unspecified atom stereocenters. The zero-order valence-electron chi connectivity index (χ0n) is 34.3. The predicted octanol–water partition coefficient (Wildman–Crippen LogP) is 17.2. The van der Waals surface area contributed by atoms with E-state index in [0.717, 1.165) is 0 Å². The summed E-state index contributed by atoms with van der Waals surface area (Å²) < 4.78 is 2.90. The van der Waals surface area contributed by atoms with Crippen LogP contribution < -0.4 is 0 Å². The monoisotopic (exact) mass is 862 g/mol. The van der Waals surface area contributed by atoms with Crippen molar-refractivity contribution in [3.63, 3.8) is 0 Å². The number of hydrogen-bond acceptors (Lipinski definition) is 0. The number of benzene rings is 12. The Balaban J connectivity index is 0.959. The first kappa shape index (κ1) is 36.1. The summed E-state index contributed by atoms with van der Waals surface area (Å²) in [5, 5.41) is 15.6. The molecule has 1 heteroatoms. The zero-order chi connectivity index (χ0) is 41.4. The molecule has 292 valence electrons. The fourth-order valence-electron chi connectivity index (χ4n) is 10.5. The van der Waals surface area contributed by atoms with Crippen molar-refractivity contribution in [2.24, 2.45) is 0 Å². The third-order valence-electron chi connectivity index (χ3n) is 13.2. The quantitative estimate of drug-likeness (QED) is 0.119. The van der Waals surface area contributed by atoms with Gasteiger partial charge in [-0.05, 0) is 16.3 Å². The van der Waals surface area contributed by atoms with Gasteiger partial charge in [0.25, 0.3) is 0 Å². The van der Waals surface area contributed by atoms with Gasteiger partial charge in [-0.25, -0.2) is 0 Å². The molecule has 13 aromatic rings. The van der Waals surface area contributed by atoms with E-state index in [-0.39, 0.29) is 14.5 Å². The van der Waals surface area contributed by atoms with E-state index in [1.807, 2.05) is 0 Å². The maximum atomic E-state index is 2.50. The first-order valence-electron chi connectivity index (χ1n) is 21.7. The predicted molar refractivity (Wildman–Crippen MR) is 273 cm³/mol. The van der Waals surface area contributed by atoms with Crippen LogP contribution in [0.4, 0.5) is 0 Å². The summed E-state index contributed by atoms with van der Waals surface area (Å²) in [6.07, 6.45) is 0. The van der Waals surface area contributed by atoms with Crippen LogP contribution in [0.3, 0.4) is 0 Å². The van der Waals surface area contributed by atoms with Crippen LogP contribution in [0.15, 0.2) is 231 Å². The minimum atomic E-state index is 0.195. The molecule has 0 nitrogen and oxygen atoms in total. The summed E-state index contributed by atoms with van der Waals surface area (Å²) in [5.74, 6) is 0. The van der Waals surface area contributed by atoms with Crippen molar-refractivity contribution in [1.29, 1.82) is 0 Å². The van der Waals surface area contributed by atoms with Crippen molar-refractivity contribution in [2.75, 3.05) is 0 Å². The Morgan fingerprint density at radius 2 is 0.603 bits per heavy atom. The topological polar surface area (TPSA) is 0 Å². The van der Waals surface area contributed by atoms with Gasteiger partial charge in [-0.15, -0.1) is 0 Å². The van der Waals surface area contributed by atoms with Crippen LogP contribution in [-0.4, -0.2) is 14.5 Å². The molecule has 0 saturated carbocycles. The SMILES string of the molecule is c1ccc(-c2c3ccccc3c(-c3ccc4c(c3)[se]c3ccc(-c5c6ccccc6c(-c6ccc(-c7cccc8ccccc78)cc6)c6ccccc56)cc34)c3ccccc23)cc1. The van der Waals surface area contributed by atoms with Gasteiger partial charge >= 0.3 is 315 Å². The molecule has 12 aromatic carbocycles. The third kappa shape index (κ3) is 5.75. The van der Waals surface area contributed by atoms with Crippen LogP contribution in [-0.2, 0) is 0 Å². The first-order valence-corrected chi connectivity index (χ1v) is 23.5. The van der Waals surface area contributed by atoms with Crippen LogP contribution in [0.5, 0.6) is 0 Å². The summed E-state index contributed by atoms with van der Waals surface area (Å²) >= 11 is 0.195. The molecular weight excluding hydrogens is 824 g/mol. The van der Waals surface area contributed by atoms with Crippen LogP contribution >= 0.6 is 0 Å². The number of rotatable bonds is 5. The maximum absolute atomic E-state index is 2.50.